The summed E-state index contributed by atoms with van der Waals surface area (Å²) in [5.41, 5.74) is 1.44. The standard InChI is InChI=1S/C14H17BrN4O/c1-9(2)19-8-11(15)6-13(19)14(20)17-7-12-4-5-16-10(3)18-12/h4-6,8-9H,7H2,1-3H3,(H,17,20). The Labute approximate surface area is 126 Å². The minimum atomic E-state index is -0.110. The van der Waals surface area contributed by atoms with Gasteiger partial charge < -0.3 is 9.88 Å². The molecule has 1 N–H and O–H groups in total. The molecule has 0 aliphatic heterocycles. The lowest BCUT2D eigenvalue weighted by Gasteiger charge is -2.12. The monoisotopic (exact) mass is 336 g/mol. The zero-order valence-corrected chi connectivity index (χ0v) is 13.3. The van der Waals surface area contributed by atoms with Crippen LogP contribution in [0.1, 0.15) is 41.9 Å². The smallest absolute Gasteiger partial charge is 0.268 e. The van der Waals surface area contributed by atoms with E-state index in [1.807, 2.05) is 37.6 Å². The molecule has 0 saturated carbocycles. The highest BCUT2D eigenvalue weighted by Crippen LogP contribution is 2.19. The molecule has 0 aliphatic rings. The van der Waals surface area contributed by atoms with Gasteiger partial charge in [-0.1, -0.05) is 0 Å². The number of carbonyl (C=O) groups is 1. The van der Waals surface area contributed by atoms with Gasteiger partial charge in [-0.2, -0.15) is 0 Å². The van der Waals surface area contributed by atoms with Crippen LogP contribution in [0.2, 0.25) is 0 Å². The van der Waals surface area contributed by atoms with E-state index in [2.05, 4.69) is 31.2 Å². The molecule has 106 valence electrons. The van der Waals surface area contributed by atoms with Crippen molar-refractivity contribution in [1.29, 1.82) is 0 Å². The molecule has 6 heteroatoms. The first-order valence-electron chi connectivity index (χ1n) is 6.41. The first-order valence-corrected chi connectivity index (χ1v) is 7.20. The second kappa shape index (κ2) is 6.17. The molecule has 20 heavy (non-hydrogen) atoms. The maximum Gasteiger partial charge on any atom is 0.268 e. The fourth-order valence-electron chi connectivity index (χ4n) is 1.92. The molecular formula is C14H17BrN4O. The van der Waals surface area contributed by atoms with Gasteiger partial charge >= 0.3 is 0 Å². The third kappa shape index (κ3) is 3.45. The lowest BCUT2D eigenvalue weighted by atomic mass is 10.3. The van der Waals surface area contributed by atoms with Crippen LogP contribution >= 0.6 is 15.9 Å². The Morgan fingerprint density at radius 1 is 1.50 bits per heavy atom. The highest BCUT2D eigenvalue weighted by Gasteiger charge is 2.14. The molecule has 0 spiro atoms. The first kappa shape index (κ1) is 14.7. The molecule has 2 aromatic rings. The van der Waals surface area contributed by atoms with Crippen LogP contribution in [0, 0.1) is 6.92 Å². The maximum absolute atomic E-state index is 12.2. The van der Waals surface area contributed by atoms with Gasteiger partial charge in [-0.25, -0.2) is 9.97 Å². The average Bonchev–Trinajstić information content (AvgIpc) is 2.78. The number of aromatic nitrogens is 3. The minimum absolute atomic E-state index is 0.110. The second-order valence-corrected chi connectivity index (χ2v) is 5.74. The summed E-state index contributed by atoms with van der Waals surface area (Å²) in [6, 6.07) is 3.84. The number of hydrogen-bond acceptors (Lipinski definition) is 3. The predicted octanol–water partition coefficient (Wildman–Crippen LogP) is 2.86. The van der Waals surface area contributed by atoms with E-state index in [0.717, 1.165) is 10.2 Å². The summed E-state index contributed by atoms with van der Waals surface area (Å²) < 4.78 is 2.83. The molecule has 0 fully saturated rings. The Morgan fingerprint density at radius 3 is 2.90 bits per heavy atom. The molecule has 0 aromatic carbocycles. The number of aryl methyl sites for hydroxylation is 1. The fraction of sp³-hybridized carbons (Fsp3) is 0.357. The highest BCUT2D eigenvalue weighted by atomic mass is 79.9. The van der Waals surface area contributed by atoms with Crippen LogP contribution < -0.4 is 5.32 Å². The maximum atomic E-state index is 12.2. The zero-order valence-electron chi connectivity index (χ0n) is 11.7. The summed E-state index contributed by atoms with van der Waals surface area (Å²) in [6.45, 7) is 6.30. The average molecular weight is 337 g/mol. The fourth-order valence-corrected chi connectivity index (χ4v) is 2.36. The summed E-state index contributed by atoms with van der Waals surface area (Å²) in [7, 11) is 0. The van der Waals surface area contributed by atoms with Gasteiger partial charge in [-0.15, -0.1) is 0 Å². The van der Waals surface area contributed by atoms with E-state index >= 15 is 0 Å². The Hall–Kier alpha value is -1.69. The summed E-state index contributed by atoms with van der Waals surface area (Å²) in [5, 5.41) is 2.88. The summed E-state index contributed by atoms with van der Waals surface area (Å²) in [5.74, 6) is 0.589. The number of nitrogens with one attached hydrogen (secondary N) is 1. The van der Waals surface area contributed by atoms with E-state index in [0.29, 0.717) is 18.1 Å². The number of hydrogen-bond donors (Lipinski definition) is 1. The Balaban J connectivity index is 2.09. The van der Waals surface area contributed by atoms with Crippen LogP contribution in [0.25, 0.3) is 0 Å². The van der Waals surface area contributed by atoms with Crippen LogP contribution in [0.5, 0.6) is 0 Å². The SMILES string of the molecule is Cc1nccc(CNC(=O)c2cc(Br)cn2C(C)C)n1. The Morgan fingerprint density at radius 2 is 2.25 bits per heavy atom. The van der Waals surface area contributed by atoms with Gasteiger partial charge in [0.1, 0.15) is 11.5 Å². The lowest BCUT2D eigenvalue weighted by Crippen LogP contribution is -2.26. The third-order valence-electron chi connectivity index (χ3n) is 2.87. The number of carbonyl (C=O) groups excluding carboxylic acids is 1. The molecule has 0 bridgehead atoms. The van der Waals surface area contributed by atoms with E-state index in [-0.39, 0.29) is 11.9 Å². The molecule has 0 unspecified atom stereocenters. The molecule has 0 atom stereocenters. The van der Waals surface area contributed by atoms with Crippen LogP contribution in [-0.2, 0) is 6.54 Å². The van der Waals surface area contributed by atoms with Crippen molar-refractivity contribution in [2.45, 2.75) is 33.4 Å². The van der Waals surface area contributed by atoms with E-state index in [4.69, 9.17) is 0 Å². The van der Waals surface area contributed by atoms with Gasteiger partial charge in [0.25, 0.3) is 5.91 Å². The summed E-state index contributed by atoms with van der Waals surface area (Å²) in [6.07, 6.45) is 3.60. The van der Waals surface area contributed by atoms with E-state index in [9.17, 15) is 4.79 Å². The molecule has 2 heterocycles. The van der Waals surface area contributed by atoms with Crippen molar-refractivity contribution in [2.24, 2.45) is 0 Å². The number of halogens is 1. The molecule has 0 radical (unpaired) electrons. The highest BCUT2D eigenvalue weighted by molar-refractivity contribution is 9.10. The predicted molar refractivity (Wildman–Crippen MR) is 80.5 cm³/mol. The van der Waals surface area contributed by atoms with E-state index < -0.39 is 0 Å². The molecule has 1 amide bonds. The van der Waals surface area contributed by atoms with Crippen molar-refractivity contribution >= 4 is 21.8 Å². The normalized spacial score (nSPS) is 10.8. The van der Waals surface area contributed by atoms with Crippen LogP contribution in [0.15, 0.2) is 29.0 Å². The quantitative estimate of drug-likeness (QED) is 0.933. The largest absolute Gasteiger partial charge is 0.345 e. The van der Waals surface area contributed by atoms with Gasteiger partial charge in [-0.3, -0.25) is 4.79 Å². The van der Waals surface area contributed by atoms with Crippen molar-refractivity contribution in [3.63, 3.8) is 0 Å². The van der Waals surface area contributed by atoms with Crippen LogP contribution in [0.3, 0.4) is 0 Å². The van der Waals surface area contributed by atoms with Gasteiger partial charge in [-0.05, 0) is 48.8 Å². The third-order valence-corrected chi connectivity index (χ3v) is 3.30. The van der Waals surface area contributed by atoms with Crippen molar-refractivity contribution in [2.75, 3.05) is 0 Å². The van der Waals surface area contributed by atoms with Crippen molar-refractivity contribution in [1.82, 2.24) is 19.9 Å². The van der Waals surface area contributed by atoms with Crippen LogP contribution in [-0.4, -0.2) is 20.4 Å². The zero-order chi connectivity index (χ0) is 14.7. The van der Waals surface area contributed by atoms with Gasteiger partial charge in [0.2, 0.25) is 0 Å². The topological polar surface area (TPSA) is 59.8 Å². The first-order chi connectivity index (χ1) is 9.47. The number of amides is 1. The van der Waals surface area contributed by atoms with Gasteiger partial charge in [0.15, 0.2) is 0 Å². The Kier molecular flexibility index (Phi) is 4.54. The van der Waals surface area contributed by atoms with Crippen molar-refractivity contribution in [3.05, 3.63) is 46.2 Å². The summed E-state index contributed by atoms with van der Waals surface area (Å²) >= 11 is 3.40. The molecule has 2 aromatic heterocycles. The van der Waals surface area contributed by atoms with E-state index in [1.165, 1.54) is 0 Å². The minimum Gasteiger partial charge on any atom is -0.345 e. The molecule has 5 nitrogen and oxygen atoms in total. The lowest BCUT2D eigenvalue weighted by molar-refractivity contribution is 0.0939. The second-order valence-electron chi connectivity index (χ2n) is 4.82. The van der Waals surface area contributed by atoms with Gasteiger partial charge in [0.05, 0.1) is 12.2 Å². The van der Waals surface area contributed by atoms with E-state index in [1.54, 1.807) is 12.3 Å². The Bertz CT molecular complexity index is 621. The molecule has 0 saturated heterocycles. The van der Waals surface area contributed by atoms with Gasteiger partial charge in [0, 0.05) is 22.9 Å². The van der Waals surface area contributed by atoms with Crippen molar-refractivity contribution in [3.8, 4) is 0 Å². The van der Waals surface area contributed by atoms with Crippen molar-refractivity contribution < 1.29 is 4.79 Å². The molecule has 0 aliphatic carbocycles. The van der Waals surface area contributed by atoms with Crippen LogP contribution in [0.4, 0.5) is 0 Å². The summed E-state index contributed by atoms with van der Waals surface area (Å²) in [4.78, 5) is 20.5. The number of rotatable bonds is 4. The number of nitrogens with zero attached hydrogens (tertiary/aromatic N) is 3. The molecular weight excluding hydrogens is 320 g/mol. The molecule has 2 rings (SSSR count).